The Hall–Kier alpha value is -2.34. The maximum atomic E-state index is 5.11. The summed E-state index contributed by atoms with van der Waals surface area (Å²) in [6.07, 6.45) is 3.44. The van der Waals surface area contributed by atoms with Crippen molar-refractivity contribution in [1.29, 1.82) is 0 Å². The van der Waals surface area contributed by atoms with E-state index in [4.69, 9.17) is 5.10 Å². The summed E-state index contributed by atoms with van der Waals surface area (Å²) >= 11 is 2.34. The number of aromatic nitrogens is 2. The van der Waals surface area contributed by atoms with E-state index in [9.17, 15) is 0 Å². The Morgan fingerprint density at radius 1 is 0.889 bits per heavy atom. The van der Waals surface area contributed by atoms with Crippen LogP contribution in [-0.2, 0) is 6.42 Å². The molecule has 0 amide bonds. The lowest BCUT2D eigenvalue weighted by Crippen LogP contribution is -2.07. The number of hydrogen-bond acceptors (Lipinski definition) is 2. The summed E-state index contributed by atoms with van der Waals surface area (Å²) in [5, 5.41) is 11.3. The minimum absolute atomic E-state index is 0.998. The van der Waals surface area contributed by atoms with Crippen LogP contribution >= 0.6 is 22.6 Å². The van der Waals surface area contributed by atoms with Crippen LogP contribution < -0.4 is 5.32 Å². The van der Waals surface area contributed by atoms with E-state index >= 15 is 0 Å². The molecule has 0 atom stereocenters. The molecular formula is C23H20IN3. The van der Waals surface area contributed by atoms with Crippen LogP contribution in [-0.4, -0.2) is 16.3 Å². The van der Waals surface area contributed by atoms with Crippen LogP contribution in [0.25, 0.3) is 27.7 Å². The average molecular weight is 465 g/mol. The molecule has 2 heterocycles. The highest BCUT2D eigenvalue weighted by Crippen LogP contribution is 2.37. The third kappa shape index (κ3) is 3.02. The van der Waals surface area contributed by atoms with Crippen molar-refractivity contribution in [2.24, 2.45) is 0 Å². The first-order valence-corrected chi connectivity index (χ1v) is 10.5. The van der Waals surface area contributed by atoms with Crippen LogP contribution in [0.4, 0.5) is 5.82 Å². The number of rotatable bonds is 2. The molecule has 1 aliphatic heterocycles. The minimum Gasteiger partial charge on any atom is -0.370 e. The summed E-state index contributed by atoms with van der Waals surface area (Å²) in [6.45, 7) is 0.998. The average Bonchev–Trinajstić information content (AvgIpc) is 2.89. The van der Waals surface area contributed by atoms with Crippen molar-refractivity contribution in [2.75, 3.05) is 11.9 Å². The zero-order chi connectivity index (χ0) is 18.2. The highest BCUT2D eigenvalue weighted by molar-refractivity contribution is 14.1. The summed E-state index contributed by atoms with van der Waals surface area (Å²) in [5.74, 6) is 1.15. The second-order valence-electron chi connectivity index (χ2n) is 6.97. The van der Waals surface area contributed by atoms with Gasteiger partial charge in [-0.3, -0.25) is 0 Å². The van der Waals surface area contributed by atoms with Crippen LogP contribution in [0.15, 0.2) is 66.7 Å². The summed E-state index contributed by atoms with van der Waals surface area (Å²) in [5.41, 5.74) is 4.77. The van der Waals surface area contributed by atoms with Gasteiger partial charge in [0.25, 0.3) is 0 Å². The number of fused-ring (bicyclic) bond motifs is 2. The third-order valence-corrected chi connectivity index (χ3v) is 5.96. The zero-order valence-electron chi connectivity index (χ0n) is 15.0. The number of halogens is 1. The standard InChI is InChI=1S/C23H20IN3/c24-17-11-13-18(14-12-17)27-23-21(9-3-4-15-25-23)22(26-27)20-10-5-7-16-6-1-2-8-19(16)20/h1-2,5-8,10-14,25H,3-4,9,15H2. The first kappa shape index (κ1) is 16.8. The molecule has 0 aliphatic carbocycles. The van der Waals surface area contributed by atoms with E-state index in [2.05, 4.69) is 99.3 Å². The van der Waals surface area contributed by atoms with E-state index in [1.54, 1.807) is 0 Å². The van der Waals surface area contributed by atoms with Gasteiger partial charge in [-0.2, -0.15) is 5.10 Å². The van der Waals surface area contributed by atoms with E-state index in [0.717, 1.165) is 30.2 Å². The first-order chi connectivity index (χ1) is 13.3. The topological polar surface area (TPSA) is 29.9 Å². The molecule has 1 aromatic heterocycles. The predicted molar refractivity (Wildman–Crippen MR) is 121 cm³/mol. The molecule has 0 spiro atoms. The van der Waals surface area contributed by atoms with E-state index in [1.165, 1.54) is 38.3 Å². The number of anilines is 1. The van der Waals surface area contributed by atoms with Gasteiger partial charge in [0.2, 0.25) is 0 Å². The predicted octanol–water partition coefficient (Wildman–Crippen LogP) is 6.05. The lowest BCUT2D eigenvalue weighted by atomic mass is 9.98. The summed E-state index contributed by atoms with van der Waals surface area (Å²) < 4.78 is 3.32. The van der Waals surface area contributed by atoms with Crippen molar-refractivity contribution in [1.82, 2.24) is 9.78 Å². The molecule has 134 valence electrons. The molecule has 5 rings (SSSR count). The molecule has 0 radical (unpaired) electrons. The van der Waals surface area contributed by atoms with Gasteiger partial charge in [-0.1, -0.05) is 42.5 Å². The molecule has 0 saturated carbocycles. The van der Waals surface area contributed by atoms with Gasteiger partial charge in [-0.15, -0.1) is 0 Å². The summed E-state index contributed by atoms with van der Waals surface area (Å²) in [4.78, 5) is 0. The first-order valence-electron chi connectivity index (χ1n) is 9.41. The van der Waals surface area contributed by atoms with Gasteiger partial charge < -0.3 is 5.32 Å². The maximum Gasteiger partial charge on any atom is 0.133 e. The van der Waals surface area contributed by atoms with Crippen molar-refractivity contribution in [2.45, 2.75) is 19.3 Å². The molecule has 3 aromatic carbocycles. The summed E-state index contributed by atoms with van der Waals surface area (Å²) in [6, 6.07) is 23.7. The third-order valence-electron chi connectivity index (χ3n) is 5.25. The quantitative estimate of drug-likeness (QED) is 0.366. The molecule has 4 heteroatoms. The van der Waals surface area contributed by atoms with Crippen LogP contribution in [0.1, 0.15) is 18.4 Å². The van der Waals surface area contributed by atoms with Crippen LogP contribution in [0.3, 0.4) is 0 Å². The van der Waals surface area contributed by atoms with Gasteiger partial charge >= 0.3 is 0 Å². The highest BCUT2D eigenvalue weighted by atomic mass is 127. The van der Waals surface area contributed by atoms with Crippen LogP contribution in [0, 0.1) is 3.57 Å². The van der Waals surface area contributed by atoms with Gasteiger partial charge in [-0.05, 0) is 76.9 Å². The van der Waals surface area contributed by atoms with Crippen molar-refractivity contribution in [3.8, 4) is 16.9 Å². The molecule has 3 nitrogen and oxygen atoms in total. The molecule has 0 saturated heterocycles. The van der Waals surface area contributed by atoms with Crippen molar-refractivity contribution >= 4 is 39.2 Å². The Bertz CT molecular complexity index is 1110. The lowest BCUT2D eigenvalue weighted by molar-refractivity contribution is 0.780. The molecule has 0 fully saturated rings. The van der Waals surface area contributed by atoms with Crippen molar-refractivity contribution < 1.29 is 0 Å². The Kier molecular flexibility index (Phi) is 4.36. The van der Waals surface area contributed by atoms with Crippen molar-refractivity contribution in [3.63, 3.8) is 0 Å². The van der Waals surface area contributed by atoms with Gasteiger partial charge in [0.15, 0.2) is 0 Å². The van der Waals surface area contributed by atoms with Crippen LogP contribution in [0.2, 0.25) is 0 Å². The molecule has 0 bridgehead atoms. The molecule has 1 aliphatic rings. The van der Waals surface area contributed by atoms with Crippen LogP contribution in [0.5, 0.6) is 0 Å². The fourth-order valence-electron chi connectivity index (χ4n) is 3.92. The van der Waals surface area contributed by atoms with Gasteiger partial charge in [0.05, 0.1) is 11.4 Å². The second-order valence-corrected chi connectivity index (χ2v) is 8.22. The highest BCUT2D eigenvalue weighted by Gasteiger charge is 2.22. The zero-order valence-corrected chi connectivity index (χ0v) is 17.1. The van der Waals surface area contributed by atoms with E-state index in [0.29, 0.717) is 0 Å². The Balaban J connectivity index is 1.76. The smallest absolute Gasteiger partial charge is 0.133 e. The van der Waals surface area contributed by atoms with Gasteiger partial charge in [0, 0.05) is 21.2 Å². The number of hydrogen-bond donors (Lipinski definition) is 1. The summed E-state index contributed by atoms with van der Waals surface area (Å²) in [7, 11) is 0. The lowest BCUT2D eigenvalue weighted by Gasteiger charge is -2.09. The largest absolute Gasteiger partial charge is 0.370 e. The minimum atomic E-state index is 0.998. The molecule has 0 unspecified atom stereocenters. The second kappa shape index (κ2) is 7.00. The molecule has 1 N–H and O–H groups in total. The van der Waals surface area contributed by atoms with E-state index < -0.39 is 0 Å². The van der Waals surface area contributed by atoms with Crippen molar-refractivity contribution in [3.05, 3.63) is 75.9 Å². The maximum absolute atomic E-state index is 5.11. The molecule has 4 aromatic rings. The number of nitrogens with zero attached hydrogens (tertiary/aromatic N) is 2. The number of nitrogens with one attached hydrogen (secondary N) is 1. The normalized spacial score (nSPS) is 13.8. The Labute approximate surface area is 172 Å². The Morgan fingerprint density at radius 3 is 2.59 bits per heavy atom. The van der Waals surface area contributed by atoms with E-state index in [-0.39, 0.29) is 0 Å². The molecule has 27 heavy (non-hydrogen) atoms. The Morgan fingerprint density at radius 2 is 1.70 bits per heavy atom. The fraction of sp³-hybridized carbons (Fsp3) is 0.174. The van der Waals surface area contributed by atoms with Gasteiger partial charge in [0.1, 0.15) is 5.82 Å². The fourth-order valence-corrected chi connectivity index (χ4v) is 4.28. The van der Waals surface area contributed by atoms with E-state index in [1.807, 2.05) is 0 Å². The molecular weight excluding hydrogens is 445 g/mol. The SMILES string of the molecule is Ic1ccc(-n2nc(-c3cccc4ccccc34)c3c2NCCCC3)cc1. The van der Waals surface area contributed by atoms with Gasteiger partial charge in [-0.25, -0.2) is 4.68 Å². The monoisotopic (exact) mass is 465 g/mol. The number of benzene rings is 3.